The Balaban J connectivity index is 1.72. The normalized spacial score (nSPS) is 33.6. The molecule has 0 radical (unpaired) electrons. The average Bonchev–Trinajstić information content (AvgIpc) is 2.60. The molecule has 1 aliphatic carbocycles. The molecule has 88 valence electrons. The van der Waals surface area contributed by atoms with Crippen LogP contribution in [0.1, 0.15) is 39.5 Å². The van der Waals surface area contributed by atoms with Crippen LogP contribution < -0.4 is 5.73 Å². The second kappa shape index (κ2) is 4.84. The highest BCUT2D eigenvalue weighted by Crippen LogP contribution is 2.37. The maximum atomic E-state index is 6.16. The summed E-state index contributed by atoms with van der Waals surface area (Å²) in [6.07, 6.45) is 5.59. The fourth-order valence-electron chi connectivity index (χ4n) is 3.49. The molecule has 3 atom stereocenters. The van der Waals surface area contributed by atoms with Gasteiger partial charge in [0, 0.05) is 25.7 Å². The van der Waals surface area contributed by atoms with E-state index in [1.165, 1.54) is 38.8 Å². The number of nitrogens with zero attached hydrogens (tertiary/aromatic N) is 1. The van der Waals surface area contributed by atoms with E-state index < -0.39 is 0 Å². The summed E-state index contributed by atoms with van der Waals surface area (Å²) in [5.41, 5.74) is 6.16. The summed E-state index contributed by atoms with van der Waals surface area (Å²) < 4.78 is 0. The molecule has 2 N–H and O–H groups in total. The van der Waals surface area contributed by atoms with Crippen molar-refractivity contribution in [3.63, 3.8) is 0 Å². The molecule has 2 rings (SSSR count). The van der Waals surface area contributed by atoms with E-state index in [0.29, 0.717) is 6.04 Å². The Kier molecular flexibility index (Phi) is 3.68. The summed E-state index contributed by atoms with van der Waals surface area (Å²) in [6.45, 7) is 8.31. The fraction of sp³-hybridized carbons (Fsp3) is 1.00. The Hall–Kier alpha value is -0.0800. The largest absolute Gasteiger partial charge is 0.327 e. The molecule has 2 aliphatic rings. The van der Waals surface area contributed by atoms with Gasteiger partial charge in [0.2, 0.25) is 0 Å². The lowest BCUT2D eigenvalue weighted by Crippen LogP contribution is -2.37. The van der Waals surface area contributed by atoms with Crippen molar-refractivity contribution in [3.8, 4) is 0 Å². The number of fused-ring (bicyclic) bond motifs is 1. The molecule has 2 nitrogen and oxygen atoms in total. The van der Waals surface area contributed by atoms with Crippen LogP contribution in [0.4, 0.5) is 0 Å². The fourth-order valence-corrected chi connectivity index (χ4v) is 3.49. The molecule has 1 heterocycles. The standard InChI is InChI=1S/C13H26N2/c1-10(2)6-13(14)9-15-7-11-4-3-5-12(11)8-15/h10-13H,3-9,14H2,1-2H3. The van der Waals surface area contributed by atoms with Gasteiger partial charge < -0.3 is 10.6 Å². The quantitative estimate of drug-likeness (QED) is 0.770. The summed E-state index contributed by atoms with van der Waals surface area (Å²) in [7, 11) is 0. The van der Waals surface area contributed by atoms with Crippen molar-refractivity contribution in [1.29, 1.82) is 0 Å². The van der Waals surface area contributed by atoms with Crippen LogP contribution in [0.25, 0.3) is 0 Å². The number of hydrogen-bond acceptors (Lipinski definition) is 2. The molecule has 0 aromatic carbocycles. The molecule has 15 heavy (non-hydrogen) atoms. The zero-order valence-corrected chi connectivity index (χ0v) is 10.3. The Bertz CT molecular complexity index is 191. The first-order chi connectivity index (χ1) is 7.15. The van der Waals surface area contributed by atoms with Crippen LogP contribution in [-0.4, -0.2) is 30.6 Å². The van der Waals surface area contributed by atoms with E-state index in [2.05, 4.69) is 18.7 Å². The SMILES string of the molecule is CC(C)CC(N)CN1CC2CCCC2C1. The first-order valence-electron chi connectivity index (χ1n) is 6.63. The summed E-state index contributed by atoms with van der Waals surface area (Å²) in [4.78, 5) is 2.61. The molecular weight excluding hydrogens is 184 g/mol. The van der Waals surface area contributed by atoms with Crippen molar-refractivity contribution < 1.29 is 0 Å². The number of likely N-dealkylation sites (tertiary alicyclic amines) is 1. The van der Waals surface area contributed by atoms with Crippen LogP contribution in [-0.2, 0) is 0 Å². The lowest BCUT2D eigenvalue weighted by molar-refractivity contribution is 0.276. The van der Waals surface area contributed by atoms with E-state index in [1.54, 1.807) is 0 Å². The third kappa shape index (κ3) is 2.94. The number of rotatable bonds is 4. The van der Waals surface area contributed by atoms with Gasteiger partial charge >= 0.3 is 0 Å². The van der Waals surface area contributed by atoms with Crippen LogP contribution in [0.15, 0.2) is 0 Å². The highest BCUT2D eigenvalue weighted by molar-refractivity contribution is 4.89. The summed E-state index contributed by atoms with van der Waals surface area (Å²) >= 11 is 0. The van der Waals surface area contributed by atoms with Gasteiger partial charge in [-0.05, 0) is 37.0 Å². The van der Waals surface area contributed by atoms with Gasteiger partial charge in [-0.25, -0.2) is 0 Å². The Morgan fingerprint density at radius 3 is 2.33 bits per heavy atom. The minimum atomic E-state index is 0.392. The van der Waals surface area contributed by atoms with Crippen molar-refractivity contribution in [2.45, 2.75) is 45.6 Å². The molecule has 2 fully saturated rings. The smallest absolute Gasteiger partial charge is 0.0170 e. The van der Waals surface area contributed by atoms with Crippen molar-refractivity contribution in [3.05, 3.63) is 0 Å². The van der Waals surface area contributed by atoms with Crippen LogP contribution in [0.2, 0.25) is 0 Å². The molecular formula is C13H26N2. The first-order valence-corrected chi connectivity index (χ1v) is 6.63. The van der Waals surface area contributed by atoms with Gasteiger partial charge in [-0.15, -0.1) is 0 Å². The minimum absolute atomic E-state index is 0.392. The van der Waals surface area contributed by atoms with E-state index in [0.717, 1.165) is 24.3 Å². The molecule has 0 spiro atoms. The monoisotopic (exact) mass is 210 g/mol. The lowest BCUT2D eigenvalue weighted by atomic mass is 10.0. The van der Waals surface area contributed by atoms with E-state index in [4.69, 9.17) is 5.73 Å². The van der Waals surface area contributed by atoms with Crippen LogP contribution in [0.3, 0.4) is 0 Å². The third-order valence-electron chi connectivity index (χ3n) is 4.07. The van der Waals surface area contributed by atoms with Crippen LogP contribution in [0, 0.1) is 17.8 Å². The molecule has 1 saturated carbocycles. The van der Waals surface area contributed by atoms with Gasteiger partial charge in [-0.3, -0.25) is 0 Å². The predicted molar refractivity (Wildman–Crippen MR) is 64.7 cm³/mol. The molecule has 3 unspecified atom stereocenters. The van der Waals surface area contributed by atoms with Gasteiger partial charge in [-0.2, -0.15) is 0 Å². The van der Waals surface area contributed by atoms with Gasteiger partial charge in [0.25, 0.3) is 0 Å². The van der Waals surface area contributed by atoms with Gasteiger partial charge in [-0.1, -0.05) is 20.3 Å². The minimum Gasteiger partial charge on any atom is -0.327 e. The second-order valence-corrected chi connectivity index (χ2v) is 6.06. The zero-order chi connectivity index (χ0) is 10.8. The highest BCUT2D eigenvalue weighted by atomic mass is 15.2. The van der Waals surface area contributed by atoms with Gasteiger partial charge in [0.1, 0.15) is 0 Å². The molecule has 0 bridgehead atoms. The third-order valence-corrected chi connectivity index (χ3v) is 4.07. The topological polar surface area (TPSA) is 29.3 Å². The second-order valence-electron chi connectivity index (χ2n) is 6.06. The summed E-state index contributed by atoms with van der Waals surface area (Å²) in [5.74, 6) is 2.76. The molecule has 2 heteroatoms. The Morgan fingerprint density at radius 1 is 1.20 bits per heavy atom. The van der Waals surface area contributed by atoms with Crippen LogP contribution >= 0.6 is 0 Å². The van der Waals surface area contributed by atoms with E-state index in [1.807, 2.05) is 0 Å². The lowest BCUT2D eigenvalue weighted by Gasteiger charge is -2.22. The zero-order valence-electron chi connectivity index (χ0n) is 10.3. The van der Waals surface area contributed by atoms with Crippen LogP contribution in [0.5, 0.6) is 0 Å². The van der Waals surface area contributed by atoms with Gasteiger partial charge in [0.05, 0.1) is 0 Å². The predicted octanol–water partition coefficient (Wildman–Crippen LogP) is 2.09. The van der Waals surface area contributed by atoms with Crippen molar-refractivity contribution in [2.24, 2.45) is 23.5 Å². The van der Waals surface area contributed by atoms with Crippen molar-refractivity contribution >= 4 is 0 Å². The Labute approximate surface area is 94.2 Å². The number of hydrogen-bond donors (Lipinski definition) is 1. The van der Waals surface area contributed by atoms with E-state index >= 15 is 0 Å². The highest BCUT2D eigenvalue weighted by Gasteiger charge is 2.36. The molecule has 0 aromatic heterocycles. The number of nitrogens with two attached hydrogens (primary N) is 1. The summed E-state index contributed by atoms with van der Waals surface area (Å²) in [6, 6.07) is 0.392. The first kappa shape index (κ1) is 11.4. The van der Waals surface area contributed by atoms with E-state index in [9.17, 15) is 0 Å². The van der Waals surface area contributed by atoms with Crippen molar-refractivity contribution in [2.75, 3.05) is 19.6 Å². The Morgan fingerprint density at radius 2 is 1.80 bits per heavy atom. The molecule has 0 amide bonds. The van der Waals surface area contributed by atoms with E-state index in [-0.39, 0.29) is 0 Å². The molecule has 1 saturated heterocycles. The maximum absolute atomic E-state index is 6.16. The molecule has 0 aromatic rings. The summed E-state index contributed by atoms with van der Waals surface area (Å²) in [5, 5.41) is 0. The maximum Gasteiger partial charge on any atom is 0.0170 e. The average molecular weight is 210 g/mol. The van der Waals surface area contributed by atoms with Crippen molar-refractivity contribution in [1.82, 2.24) is 4.90 Å². The van der Waals surface area contributed by atoms with Gasteiger partial charge in [0.15, 0.2) is 0 Å². The molecule has 1 aliphatic heterocycles.